The SMILES string of the molecule is [N-]=[N+]=NCCOCn1cnc2c(OCc3ccc(CNC(=O)C(F)(F)F)cc3)nc(N)nc21. The van der Waals surface area contributed by atoms with Gasteiger partial charge in [-0.3, -0.25) is 9.36 Å². The highest BCUT2D eigenvalue weighted by Gasteiger charge is 2.38. The first-order valence-corrected chi connectivity index (χ1v) is 9.40. The molecule has 1 aromatic carbocycles. The molecule has 0 aliphatic heterocycles. The topological polar surface area (TPSA) is 166 Å². The number of azide groups is 1. The maximum atomic E-state index is 12.2. The van der Waals surface area contributed by atoms with Crippen LogP contribution >= 0.6 is 0 Å². The predicted molar refractivity (Wildman–Crippen MR) is 108 cm³/mol. The van der Waals surface area contributed by atoms with Gasteiger partial charge in [0.25, 0.3) is 0 Å². The maximum absolute atomic E-state index is 12.2. The summed E-state index contributed by atoms with van der Waals surface area (Å²) in [5.74, 6) is -1.89. The van der Waals surface area contributed by atoms with Crippen LogP contribution in [-0.4, -0.2) is 44.8 Å². The van der Waals surface area contributed by atoms with Gasteiger partial charge >= 0.3 is 12.1 Å². The Hall–Kier alpha value is -4.10. The van der Waals surface area contributed by atoms with Gasteiger partial charge in [-0.2, -0.15) is 23.1 Å². The summed E-state index contributed by atoms with van der Waals surface area (Å²) in [5, 5.41) is 5.17. The van der Waals surface area contributed by atoms with Crippen LogP contribution in [0.4, 0.5) is 19.1 Å². The van der Waals surface area contributed by atoms with Crippen molar-refractivity contribution in [1.82, 2.24) is 24.8 Å². The fourth-order valence-electron chi connectivity index (χ4n) is 2.63. The average Bonchev–Trinajstić information content (AvgIpc) is 3.18. The number of anilines is 1. The van der Waals surface area contributed by atoms with Crippen molar-refractivity contribution in [2.75, 3.05) is 18.9 Å². The average molecular weight is 465 g/mol. The standard InChI is InChI=1S/C18H18F3N9O3/c19-18(20,21)16(31)24-7-11-1-3-12(4-2-11)8-33-15-13-14(27-17(22)28-15)30(9-25-13)10-32-6-5-26-29-23/h1-4,9H,5-8,10H2,(H,24,31)(H2,22,27,28). The van der Waals surface area contributed by atoms with E-state index in [1.807, 2.05) is 0 Å². The van der Waals surface area contributed by atoms with Crippen LogP contribution < -0.4 is 15.8 Å². The summed E-state index contributed by atoms with van der Waals surface area (Å²) in [4.78, 5) is 25.9. The summed E-state index contributed by atoms with van der Waals surface area (Å²) in [6, 6.07) is 6.43. The number of hydrogen-bond acceptors (Lipinski definition) is 8. The minimum absolute atomic E-state index is 0.0379. The van der Waals surface area contributed by atoms with Crippen LogP contribution in [0.25, 0.3) is 21.6 Å². The molecule has 0 fully saturated rings. The minimum atomic E-state index is -4.93. The lowest BCUT2D eigenvalue weighted by Gasteiger charge is -2.10. The van der Waals surface area contributed by atoms with Gasteiger partial charge < -0.3 is 20.5 Å². The van der Waals surface area contributed by atoms with E-state index < -0.39 is 12.1 Å². The number of aromatic nitrogens is 4. The summed E-state index contributed by atoms with van der Waals surface area (Å²) in [7, 11) is 0. The third-order valence-corrected chi connectivity index (χ3v) is 4.19. The lowest BCUT2D eigenvalue weighted by molar-refractivity contribution is -0.173. The number of rotatable bonds is 10. The quantitative estimate of drug-likeness (QED) is 0.201. The van der Waals surface area contributed by atoms with Gasteiger partial charge in [0, 0.05) is 18.0 Å². The van der Waals surface area contributed by atoms with Crippen molar-refractivity contribution in [3.63, 3.8) is 0 Å². The second-order valence-corrected chi connectivity index (χ2v) is 6.55. The molecule has 0 atom stereocenters. The third-order valence-electron chi connectivity index (χ3n) is 4.19. The van der Waals surface area contributed by atoms with E-state index in [0.29, 0.717) is 22.3 Å². The van der Waals surface area contributed by atoms with Crippen molar-refractivity contribution in [2.45, 2.75) is 26.1 Å². The Morgan fingerprint density at radius 1 is 1.24 bits per heavy atom. The van der Waals surface area contributed by atoms with E-state index in [9.17, 15) is 18.0 Å². The van der Waals surface area contributed by atoms with Gasteiger partial charge in [0.2, 0.25) is 11.8 Å². The second kappa shape index (κ2) is 10.5. The van der Waals surface area contributed by atoms with Crippen LogP contribution in [0.2, 0.25) is 0 Å². The number of amides is 1. The van der Waals surface area contributed by atoms with E-state index in [0.717, 1.165) is 0 Å². The number of ether oxygens (including phenoxy) is 2. The van der Waals surface area contributed by atoms with Gasteiger partial charge in [-0.05, 0) is 16.7 Å². The number of hydrogen-bond donors (Lipinski definition) is 2. The Kier molecular flexibility index (Phi) is 7.48. The normalized spacial score (nSPS) is 11.2. The Labute approximate surface area is 184 Å². The maximum Gasteiger partial charge on any atom is 0.471 e. The van der Waals surface area contributed by atoms with E-state index in [1.165, 1.54) is 6.33 Å². The van der Waals surface area contributed by atoms with Gasteiger partial charge in [0.1, 0.15) is 13.3 Å². The number of carbonyl (C=O) groups excluding carboxylic acids is 1. The number of imidazole rings is 1. The molecule has 33 heavy (non-hydrogen) atoms. The molecule has 1 amide bonds. The van der Waals surface area contributed by atoms with Crippen molar-refractivity contribution in [3.8, 4) is 5.88 Å². The lowest BCUT2D eigenvalue weighted by Crippen LogP contribution is -2.36. The van der Waals surface area contributed by atoms with Gasteiger partial charge in [0.15, 0.2) is 11.2 Å². The van der Waals surface area contributed by atoms with Crippen molar-refractivity contribution < 1.29 is 27.4 Å². The fraction of sp³-hybridized carbons (Fsp3) is 0.333. The number of alkyl halides is 3. The van der Waals surface area contributed by atoms with Crippen LogP contribution in [0.1, 0.15) is 11.1 Å². The van der Waals surface area contributed by atoms with Gasteiger partial charge in [-0.1, -0.05) is 29.4 Å². The zero-order valence-electron chi connectivity index (χ0n) is 17.0. The van der Waals surface area contributed by atoms with E-state index in [-0.39, 0.29) is 44.9 Å². The predicted octanol–water partition coefficient (Wildman–Crippen LogP) is 2.45. The molecule has 15 heteroatoms. The monoisotopic (exact) mass is 465 g/mol. The fourth-order valence-corrected chi connectivity index (χ4v) is 2.63. The molecule has 3 aromatic rings. The van der Waals surface area contributed by atoms with E-state index in [1.54, 1.807) is 34.1 Å². The molecule has 0 bridgehead atoms. The number of benzene rings is 1. The van der Waals surface area contributed by atoms with Gasteiger partial charge in [0.05, 0.1) is 12.9 Å². The largest absolute Gasteiger partial charge is 0.471 e. The summed E-state index contributed by atoms with van der Waals surface area (Å²) < 4.78 is 49.4. The Bertz CT molecular complexity index is 1160. The van der Waals surface area contributed by atoms with Crippen LogP contribution in [0.5, 0.6) is 5.88 Å². The molecule has 0 aliphatic carbocycles. The van der Waals surface area contributed by atoms with Crippen LogP contribution in [0, 0.1) is 0 Å². The Morgan fingerprint density at radius 3 is 2.67 bits per heavy atom. The van der Waals surface area contributed by atoms with Crippen LogP contribution in [-0.2, 0) is 29.4 Å². The zero-order valence-corrected chi connectivity index (χ0v) is 17.0. The van der Waals surface area contributed by atoms with Gasteiger partial charge in [-0.25, -0.2) is 4.98 Å². The zero-order chi connectivity index (χ0) is 23.8. The van der Waals surface area contributed by atoms with Crippen molar-refractivity contribution >= 4 is 23.0 Å². The number of nitrogen functional groups attached to an aromatic ring is 1. The van der Waals surface area contributed by atoms with E-state index >= 15 is 0 Å². The molecule has 0 saturated heterocycles. The van der Waals surface area contributed by atoms with E-state index in [4.69, 9.17) is 20.7 Å². The molecule has 12 nitrogen and oxygen atoms in total. The summed E-state index contributed by atoms with van der Waals surface area (Å²) in [6.45, 7) is 0.312. The lowest BCUT2D eigenvalue weighted by atomic mass is 10.1. The van der Waals surface area contributed by atoms with Crippen molar-refractivity contribution in [2.24, 2.45) is 5.11 Å². The number of fused-ring (bicyclic) bond motifs is 1. The first-order chi connectivity index (χ1) is 15.8. The molecule has 3 rings (SSSR count). The molecule has 3 N–H and O–H groups in total. The second-order valence-electron chi connectivity index (χ2n) is 6.55. The molecule has 0 spiro atoms. The molecule has 0 aliphatic rings. The summed E-state index contributed by atoms with van der Waals surface area (Å²) >= 11 is 0. The highest BCUT2D eigenvalue weighted by molar-refractivity contribution is 5.81. The Balaban J connectivity index is 1.61. The first kappa shape index (κ1) is 23.6. The molecule has 0 radical (unpaired) electrons. The first-order valence-electron chi connectivity index (χ1n) is 9.40. The highest BCUT2D eigenvalue weighted by Crippen LogP contribution is 2.23. The summed E-state index contributed by atoms with van der Waals surface area (Å²) in [5.41, 5.74) is 16.0. The number of nitrogens with one attached hydrogen (secondary N) is 1. The van der Waals surface area contributed by atoms with Crippen LogP contribution in [0.3, 0.4) is 0 Å². The van der Waals surface area contributed by atoms with Crippen LogP contribution in [0.15, 0.2) is 35.7 Å². The summed E-state index contributed by atoms with van der Waals surface area (Å²) in [6.07, 6.45) is -3.45. The van der Waals surface area contributed by atoms with Gasteiger partial charge in [-0.15, -0.1) is 0 Å². The smallest absolute Gasteiger partial charge is 0.471 e. The molecule has 2 aromatic heterocycles. The molecule has 174 valence electrons. The number of nitrogens with two attached hydrogens (primary N) is 1. The highest BCUT2D eigenvalue weighted by atomic mass is 19.4. The Morgan fingerprint density at radius 2 is 1.97 bits per heavy atom. The molecular formula is C18H18F3N9O3. The molecule has 2 heterocycles. The number of nitrogens with zero attached hydrogens (tertiary/aromatic N) is 7. The number of halogens is 3. The molecular weight excluding hydrogens is 447 g/mol. The molecule has 0 unspecified atom stereocenters. The third kappa shape index (κ3) is 6.44. The van der Waals surface area contributed by atoms with E-state index in [2.05, 4.69) is 25.0 Å². The van der Waals surface area contributed by atoms with Crippen molar-refractivity contribution in [3.05, 3.63) is 52.2 Å². The molecule has 0 saturated carbocycles. The van der Waals surface area contributed by atoms with Crippen molar-refractivity contribution in [1.29, 1.82) is 0 Å². The minimum Gasteiger partial charge on any atom is -0.471 e. The number of carbonyl (C=O) groups is 1.